The van der Waals surface area contributed by atoms with Crippen molar-refractivity contribution >= 4 is 58.1 Å². The van der Waals surface area contributed by atoms with Gasteiger partial charge < -0.3 is 14.5 Å². The third kappa shape index (κ3) is 5.76. The summed E-state index contributed by atoms with van der Waals surface area (Å²) in [6.07, 6.45) is -3.38. The van der Waals surface area contributed by atoms with Crippen molar-refractivity contribution < 1.29 is 41.5 Å². The lowest BCUT2D eigenvalue weighted by Crippen LogP contribution is -2.36. The molecule has 0 spiro atoms. The Morgan fingerprint density at radius 2 is 1.87 bits per heavy atom. The van der Waals surface area contributed by atoms with Gasteiger partial charge >= 0.3 is 12.1 Å². The minimum atomic E-state index is -4.60. The average molecular weight is 565 g/mol. The monoisotopic (exact) mass is 564 g/mol. The first-order chi connectivity index (χ1) is 18.0. The Labute approximate surface area is 222 Å². The molecule has 1 aliphatic rings. The predicted molar refractivity (Wildman–Crippen MR) is 133 cm³/mol. The fourth-order valence-electron chi connectivity index (χ4n) is 3.50. The summed E-state index contributed by atoms with van der Waals surface area (Å²) >= 11 is 6.50. The SMILES string of the molecule is COC(=O)c1cc(NC(=O)CN2C(=O)S/C(=C/c3ccc(-c4ccccc4C(F)(F)F)o3)C2=O)ccc1Cl. The van der Waals surface area contributed by atoms with Gasteiger partial charge in [-0.25, -0.2) is 4.79 Å². The molecule has 0 aliphatic carbocycles. The van der Waals surface area contributed by atoms with Crippen LogP contribution in [0.25, 0.3) is 17.4 Å². The Morgan fingerprint density at radius 1 is 1.13 bits per heavy atom. The summed E-state index contributed by atoms with van der Waals surface area (Å²) in [6.45, 7) is -0.624. The standard InChI is InChI=1S/C25H16ClF3N2O6S/c1-36-23(34)16-10-13(6-8-18(16)26)30-21(32)12-31-22(33)20(38-24(31)35)11-14-7-9-19(37-14)15-4-2-3-5-17(15)25(27,28)29/h2-11H,12H2,1H3,(H,30,32)/b20-11+. The van der Waals surface area contributed by atoms with Crippen molar-refractivity contribution in [2.24, 2.45) is 0 Å². The second-order valence-corrected chi connectivity index (χ2v) is 9.15. The van der Waals surface area contributed by atoms with Crippen LogP contribution in [0.5, 0.6) is 0 Å². The third-order valence-corrected chi connectivity index (χ3v) is 6.47. The van der Waals surface area contributed by atoms with Gasteiger partial charge in [0.2, 0.25) is 5.91 Å². The van der Waals surface area contributed by atoms with Gasteiger partial charge in [0, 0.05) is 17.3 Å². The predicted octanol–water partition coefficient (Wildman–Crippen LogP) is 6.08. The summed E-state index contributed by atoms with van der Waals surface area (Å²) in [7, 11) is 1.17. The largest absolute Gasteiger partial charge is 0.465 e. The number of thioether (sulfide) groups is 1. The highest BCUT2D eigenvalue weighted by Gasteiger charge is 2.37. The molecule has 0 radical (unpaired) electrons. The number of carbonyl (C=O) groups is 4. The summed E-state index contributed by atoms with van der Waals surface area (Å²) in [5, 5.41) is 1.85. The lowest BCUT2D eigenvalue weighted by atomic mass is 10.1. The van der Waals surface area contributed by atoms with Gasteiger partial charge in [0.25, 0.3) is 11.1 Å². The van der Waals surface area contributed by atoms with Crippen molar-refractivity contribution in [2.75, 3.05) is 19.0 Å². The number of esters is 1. The number of alkyl halides is 3. The third-order valence-electron chi connectivity index (χ3n) is 5.23. The van der Waals surface area contributed by atoms with Crippen LogP contribution in [0.1, 0.15) is 21.7 Å². The van der Waals surface area contributed by atoms with E-state index in [1.54, 1.807) is 0 Å². The molecule has 0 unspecified atom stereocenters. The number of amides is 3. The Balaban J connectivity index is 1.47. The molecular formula is C25H16ClF3N2O6S. The van der Waals surface area contributed by atoms with Gasteiger partial charge in [-0.3, -0.25) is 19.3 Å². The van der Waals surface area contributed by atoms with Gasteiger partial charge in [-0.05, 0) is 48.2 Å². The normalized spacial score (nSPS) is 14.8. The molecule has 13 heteroatoms. The molecular weight excluding hydrogens is 549 g/mol. The first-order valence-corrected chi connectivity index (χ1v) is 11.9. The van der Waals surface area contributed by atoms with Crippen LogP contribution < -0.4 is 5.32 Å². The second-order valence-electron chi connectivity index (χ2n) is 7.75. The number of anilines is 1. The summed E-state index contributed by atoms with van der Waals surface area (Å²) in [6, 6.07) is 11.6. The fraction of sp³-hybridized carbons (Fsp3) is 0.120. The molecule has 1 fully saturated rings. The van der Waals surface area contributed by atoms with E-state index in [-0.39, 0.29) is 38.3 Å². The van der Waals surface area contributed by atoms with E-state index in [0.717, 1.165) is 6.07 Å². The number of rotatable bonds is 6. The van der Waals surface area contributed by atoms with E-state index in [9.17, 15) is 32.3 Å². The van der Waals surface area contributed by atoms with Gasteiger partial charge in [-0.2, -0.15) is 13.2 Å². The molecule has 1 aromatic heterocycles. The van der Waals surface area contributed by atoms with E-state index in [1.165, 1.54) is 61.7 Å². The van der Waals surface area contributed by atoms with Crippen LogP contribution in [-0.4, -0.2) is 41.6 Å². The number of carbonyl (C=O) groups excluding carboxylic acids is 4. The lowest BCUT2D eigenvalue weighted by molar-refractivity contribution is -0.137. The molecule has 1 saturated heterocycles. The smallest absolute Gasteiger partial charge is 0.417 e. The van der Waals surface area contributed by atoms with Crippen molar-refractivity contribution in [3.63, 3.8) is 0 Å². The minimum Gasteiger partial charge on any atom is -0.465 e. The number of methoxy groups -OCH3 is 1. The first kappa shape index (κ1) is 27.0. The maximum Gasteiger partial charge on any atom is 0.417 e. The fourth-order valence-corrected chi connectivity index (χ4v) is 4.51. The van der Waals surface area contributed by atoms with Gasteiger partial charge in [0.05, 0.1) is 28.2 Å². The number of furan rings is 1. The zero-order valence-corrected chi connectivity index (χ0v) is 20.9. The van der Waals surface area contributed by atoms with Crippen LogP contribution in [-0.2, 0) is 20.5 Å². The van der Waals surface area contributed by atoms with Crippen LogP contribution in [0, 0.1) is 0 Å². The average Bonchev–Trinajstić information content (AvgIpc) is 3.44. The quantitative estimate of drug-likeness (QED) is 0.286. The van der Waals surface area contributed by atoms with Gasteiger partial charge in [-0.15, -0.1) is 0 Å². The molecule has 0 atom stereocenters. The van der Waals surface area contributed by atoms with Crippen LogP contribution in [0.15, 0.2) is 63.9 Å². The molecule has 8 nitrogen and oxygen atoms in total. The molecule has 0 bridgehead atoms. The Morgan fingerprint density at radius 3 is 2.58 bits per heavy atom. The highest BCUT2D eigenvalue weighted by Crippen LogP contribution is 2.38. The minimum absolute atomic E-state index is 0.0109. The summed E-state index contributed by atoms with van der Waals surface area (Å²) < 4.78 is 50.1. The summed E-state index contributed by atoms with van der Waals surface area (Å²) in [5.74, 6) is -2.25. The maximum absolute atomic E-state index is 13.3. The van der Waals surface area contributed by atoms with E-state index in [0.29, 0.717) is 16.7 Å². The highest BCUT2D eigenvalue weighted by molar-refractivity contribution is 8.18. The van der Waals surface area contributed by atoms with Crippen LogP contribution in [0.2, 0.25) is 5.02 Å². The number of nitrogens with zero attached hydrogens (tertiary/aromatic N) is 1. The van der Waals surface area contributed by atoms with Crippen molar-refractivity contribution in [1.29, 1.82) is 0 Å². The van der Waals surface area contributed by atoms with Gasteiger partial charge in [0.1, 0.15) is 18.1 Å². The van der Waals surface area contributed by atoms with Crippen LogP contribution >= 0.6 is 23.4 Å². The number of nitrogens with one attached hydrogen (secondary N) is 1. The number of hydrogen-bond acceptors (Lipinski definition) is 7. The molecule has 4 rings (SSSR count). The number of ether oxygens (including phenoxy) is 1. The molecule has 196 valence electrons. The zero-order chi connectivity index (χ0) is 27.6. The lowest BCUT2D eigenvalue weighted by Gasteiger charge is -2.13. The second kappa shape index (κ2) is 10.8. The Kier molecular flexibility index (Phi) is 7.65. The summed E-state index contributed by atoms with van der Waals surface area (Å²) in [5.41, 5.74) is -0.866. The number of hydrogen-bond donors (Lipinski definition) is 1. The Bertz CT molecular complexity index is 1480. The van der Waals surface area contributed by atoms with E-state index in [2.05, 4.69) is 10.1 Å². The summed E-state index contributed by atoms with van der Waals surface area (Å²) in [4.78, 5) is 50.1. The van der Waals surface area contributed by atoms with Crippen molar-refractivity contribution in [2.45, 2.75) is 6.18 Å². The van der Waals surface area contributed by atoms with Crippen molar-refractivity contribution in [3.8, 4) is 11.3 Å². The Hall–Kier alpha value is -4.03. The molecule has 3 amide bonds. The van der Waals surface area contributed by atoms with E-state index in [1.807, 2.05) is 0 Å². The molecule has 1 aliphatic heterocycles. The van der Waals surface area contributed by atoms with Gasteiger partial charge in [-0.1, -0.05) is 29.8 Å². The van der Waals surface area contributed by atoms with Crippen LogP contribution in [0.3, 0.4) is 0 Å². The molecule has 1 N–H and O–H groups in total. The molecule has 2 aromatic carbocycles. The van der Waals surface area contributed by atoms with Crippen LogP contribution in [0.4, 0.5) is 23.7 Å². The van der Waals surface area contributed by atoms with E-state index < -0.39 is 41.3 Å². The van der Waals surface area contributed by atoms with Crippen molar-refractivity contribution in [3.05, 3.63) is 81.4 Å². The molecule has 0 saturated carbocycles. The number of halogens is 4. The number of imide groups is 1. The van der Waals surface area contributed by atoms with Crippen molar-refractivity contribution in [1.82, 2.24) is 4.90 Å². The molecule has 2 heterocycles. The maximum atomic E-state index is 13.3. The van der Waals surface area contributed by atoms with E-state index in [4.69, 9.17) is 16.0 Å². The molecule has 38 heavy (non-hydrogen) atoms. The number of benzene rings is 2. The first-order valence-electron chi connectivity index (χ1n) is 10.7. The topological polar surface area (TPSA) is 106 Å². The molecule has 3 aromatic rings. The zero-order valence-electron chi connectivity index (χ0n) is 19.3. The van der Waals surface area contributed by atoms with Gasteiger partial charge in [0.15, 0.2) is 0 Å². The highest BCUT2D eigenvalue weighted by atomic mass is 35.5. The van der Waals surface area contributed by atoms with E-state index >= 15 is 0 Å².